The fourth-order valence-electron chi connectivity index (χ4n) is 3.51. The number of hydrogen-bond donors (Lipinski definition) is 1. The summed E-state index contributed by atoms with van der Waals surface area (Å²) in [7, 11) is 1.52. The van der Waals surface area contributed by atoms with E-state index in [9.17, 15) is 10.1 Å². The van der Waals surface area contributed by atoms with Gasteiger partial charge in [0.2, 0.25) is 5.88 Å². The van der Waals surface area contributed by atoms with Gasteiger partial charge in [0, 0.05) is 15.6 Å². The van der Waals surface area contributed by atoms with Gasteiger partial charge in [-0.25, -0.2) is 4.79 Å². The lowest BCUT2D eigenvalue weighted by Gasteiger charge is -2.28. The average molecular weight is 499 g/mol. The SMILES string of the molecule is CCOC(=O)C1=C(C)OC(N)=C(C#N)C1c1cccc(OC)c1OCc1ccccc1Br. The molecule has 2 N–H and O–H groups in total. The summed E-state index contributed by atoms with van der Waals surface area (Å²) in [6, 6.07) is 15.0. The topological polar surface area (TPSA) is 104 Å². The summed E-state index contributed by atoms with van der Waals surface area (Å²) < 4.78 is 23.4. The predicted molar refractivity (Wildman–Crippen MR) is 121 cm³/mol. The van der Waals surface area contributed by atoms with Crippen LogP contribution in [0, 0.1) is 11.3 Å². The molecule has 0 spiro atoms. The maximum absolute atomic E-state index is 12.8. The van der Waals surface area contributed by atoms with Crippen LogP contribution in [0.1, 0.15) is 30.9 Å². The Hall–Kier alpha value is -3.44. The number of methoxy groups -OCH3 is 1. The van der Waals surface area contributed by atoms with Gasteiger partial charge in [0.05, 0.1) is 25.2 Å². The van der Waals surface area contributed by atoms with Crippen LogP contribution in [0.2, 0.25) is 0 Å². The number of allylic oxidation sites excluding steroid dienone is 2. The first-order chi connectivity index (χ1) is 15.4. The highest BCUT2D eigenvalue weighted by atomic mass is 79.9. The van der Waals surface area contributed by atoms with Crippen LogP contribution in [0.4, 0.5) is 0 Å². The number of para-hydroxylation sites is 1. The zero-order valence-electron chi connectivity index (χ0n) is 18.0. The monoisotopic (exact) mass is 498 g/mol. The molecule has 0 radical (unpaired) electrons. The summed E-state index contributed by atoms with van der Waals surface area (Å²) in [6.45, 7) is 3.73. The predicted octanol–water partition coefficient (Wildman–Crippen LogP) is 4.68. The molecule has 1 atom stereocenters. The van der Waals surface area contributed by atoms with E-state index in [0.29, 0.717) is 17.1 Å². The third kappa shape index (κ3) is 4.58. The molecule has 1 aliphatic heterocycles. The second kappa shape index (κ2) is 10.2. The number of benzene rings is 2. The van der Waals surface area contributed by atoms with E-state index in [1.54, 1.807) is 32.0 Å². The summed E-state index contributed by atoms with van der Waals surface area (Å²) in [5.41, 5.74) is 7.77. The van der Waals surface area contributed by atoms with Crippen molar-refractivity contribution in [1.82, 2.24) is 0 Å². The van der Waals surface area contributed by atoms with E-state index in [-0.39, 0.29) is 36.0 Å². The molecular formula is C24H23BrN2O5. The van der Waals surface area contributed by atoms with Crippen molar-refractivity contribution in [2.24, 2.45) is 5.73 Å². The molecule has 0 saturated heterocycles. The van der Waals surface area contributed by atoms with Gasteiger partial charge in [-0.3, -0.25) is 0 Å². The third-order valence-electron chi connectivity index (χ3n) is 4.97. The largest absolute Gasteiger partial charge is 0.493 e. The van der Waals surface area contributed by atoms with Gasteiger partial charge in [0.25, 0.3) is 0 Å². The minimum absolute atomic E-state index is 0.0670. The Labute approximate surface area is 195 Å². The molecule has 0 saturated carbocycles. The van der Waals surface area contributed by atoms with Crippen molar-refractivity contribution in [3.63, 3.8) is 0 Å². The van der Waals surface area contributed by atoms with Crippen LogP contribution in [-0.4, -0.2) is 19.7 Å². The molecule has 0 aromatic heterocycles. The summed E-state index contributed by atoms with van der Waals surface area (Å²) in [4.78, 5) is 12.8. The number of nitrogens with zero attached hydrogens (tertiary/aromatic N) is 1. The summed E-state index contributed by atoms with van der Waals surface area (Å²) >= 11 is 3.52. The number of ether oxygens (including phenoxy) is 4. The summed E-state index contributed by atoms with van der Waals surface area (Å²) in [6.07, 6.45) is 0. The van der Waals surface area contributed by atoms with Crippen molar-refractivity contribution in [1.29, 1.82) is 5.26 Å². The van der Waals surface area contributed by atoms with E-state index >= 15 is 0 Å². The Morgan fingerprint density at radius 2 is 2.00 bits per heavy atom. The third-order valence-corrected chi connectivity index (χ3v) is 5.74. The molecule has 32 heavy (non-hydrogen) atoms. The van der Waals surface area contributed by atoms with Gasteiger partial charge in [0.15, 0.2) is 11.5 Å². The standard InChI is InChI=1S/C24H23BrN2O5/c1-4-30-24(28)20-14(2)32-23(27)17(12-26)21(20)16-9-7-11-19(29-3)22(16)31-13-15-8-5-6-10-18(15)25/h5-11,21H,4,13,27H2,1-3H3. The Kier molecular flexibility index (Phi) is 7.44. The number of rotatable bonds is 7. The van der Waals surface area contributed by atoms with Gasteiger partial charge in [-0.1, -0.05) is 46.3 Å². The Balaban J connectivity index is 2.15. The summed E-state index contributed by atoms with van der Waals surface area (Å²) in [5, 5.41) is 9.85. The first-order valence-electron chi connectivity index (χ1n) is 9.91. The fraction of sp³-hybridized carbons (Fsp3) is 0.250. The lowest BCUT2D eigenvalue weighted by molar-refractivity contribution is -0.139. The van der Waals surface area contributed by atoms with Crippen molar-refractivity contribution in [3.05, 3.63) is 80.9 Å². The highest BCUT2D eigenvalue weighted by molar-refractivity contribution is 9.10. The molecule has 7 nitrogen and oxygen atoms in total. The van der Waals surface area contributed by atoms with Gasteiger partial charge in [-0.05, 0) is 26.0 Å². The quantitative estimate of drug-likeness (QED) is 0.552. The number of carbonyl (C=O) groups excluding carboxylic acids is 1. The lowest BCUT2D eigenvalue weighted by Crippen LogP contribution is -2.26. The first kappa shape index (κ1) is 23.2. The van der Waals surface area contributed by atoms with Crippen LogP contribution in [0.3, 0.4) is 0 Å². The fourth-order valence-corrected chi connectivity index (χ4v) is 3.91. The van der Waals surface area contributed by atoms with Crippen molar-refractivity contribution in [2.75, 3.05) is 13.7 Å². The number of nitrogens with two attached hydrogens (primary N) is 1. The molecule has 0 amide bonds. The number of nitriles is 1. The second-order valence-electron chi connectivity index (χ2n) is 6.87. The molecule has 0 fully saturated rings. The molecular weight excluding hydrogens is 476 g/mol. The van der Waals surface area contributed by atoms with Crippen LogP contribution in [0.5, 0.6) is 11.5 Å². The van der Waals surface area contributed by atoms with Gasteiger partial charge >= 0.3 is 5.97 Å². The Morgan fingerprint density at radius 3 is 2.66 bits per heavy atom. The molecule has 1 unspecified atom stereocenters. The van der Waals surface area contributed by atoms with Gasteiger partial charge in [-0.2, -0.15) is 5.26 Å². The lowest BCUT2D eigenvalue weighted by atomic mass is 9.82. The van der Waals surface area contributed by atoms with Crippen LogP contribution < -0.4 is 15.2 Å². The molecule has 166 valence electrons. The highest BCUT2D eigenvalue weighted by Gasteiger charge is 2.38. The minimum Gasteiger partial charge on any atom is -0.493 e. The molecule has 1 aliphatic rings. The highest BCUT2D eigenvalue weighted by Crippen LogP contribution is 2.46. The van der Waals surface area contributed by atoms with Gasteiger partial charge < -0.3 is 24.7 Å². The summed E-state index contributed by atoms with van der Waals surface area (Å²) in [5.74, 6) is -0.371. The zero-order valence-corrected chi connectivity index (χ0v) is 19.6. The van der Waals surface area contributed by atoms with E-state index < -0.39 is 11.9 Å². The molecule has 8 heteroatoms. The maximum atomic E-state index is 12.8. The van der Waals surface area contributed by atoms with Crippen LogP contribution in [0.25, 0.3) is 0 Å². The number of esters is 1. The molecule has 2 aromatic rings. The first-order valence-corrected chi connectivity index (χ1v) is 10.7. The second-order valence-corrected chi connectivity index (χ2v) is 7.73. The minimum atomic E-state index is -0.836. The number of carbonyl (C=O) groups is 1. The molecule has 0 bridgehead atoms. The number of hydrogen-bond acceptors (Lipinski definition) is 7. The van der Waals surface area contributed by atoms with Crippen molar-refractivity contribution in [2.45, 2.75) is 26.4 Å². The Bertz CT molecular complexity index is 1130. The van der Waals surface area contributed by atoms with Crippen LogP contribution >= 0.6 is 15.9 Å². The molecule has 3 rings (SSSR count). The van der Waals surface area contributed by atoms with E-state index in [0.717, 1.165) is 10.0 Å². The van der Waals surface area contributed by atoms with Crippen molar-refractivity contribution in [3.8, 4) is 17.6 Å². The smallest absolute Gasteiger partial charge is 0.338 e. The number of halogens is 1. The normalized spacial score (nSPS) is 15.7. The molecule has 0 aliphatic carbocycles. The van der Waals surface area contributed by atoms with Gasteiger partial charge in [0.1, 0.15) is 24.0 Å². The van der Waals surface area contributed by atoms with Crippen molar-refractivity contribution < 1.29 is 23.7 Å². The van der Waals surface area contributed by atoms with E-state index in [1.807, 2.05) is 24.3 Å². The van der Waals surface area contributed by atoms with E-state index in [2.05, 4.69) is 22.0 Å². The van der Waals surface area contributed by atoms with Gasteiger partial charge in [-0.15, -0.1) is 0 Å². The Morgan fingerprint density at radius 1 is 1.25 bits per heavy atom. The van der Waals surface area contributed by atoms with Crippen LogP contribution in [0.15, 0.2) is 69.7 Å². The molecule has 1 heterocycles. The maximum Gasteiger partial charge on any atom is 0.338 e. The molecule has 2 aromatic carbocycles. The zero-order chi connectivity index (χ0) is 23.3. The van der Waals surface area contributed by atoms with E-state index in [1.165, 1.54) is 7.11 Å². The van der Waals surface area contributed by atoms with Crippen LogP contribution in [-0.2, 0) is 20.9 Å². The van der Waals surface area contributed by atoms with E-state index in [4.69, 9.17) is 24.7 Å². The van der Waals surface area contributed by atoms with Crippen molar-refractivity contribution >= 4 is 21.9 Å². The average Bonchev–Trinajstić information content (AvgIpc) is 2.78.